The molecule has 1 fully saturated rings. The van der Waals surface area contributed by atoms with Gasteiger partial charge in [-0.2, -0.15) is 0 Å². The predicted octanol–water partition coefficient (Wildman–Crippen LogP) is 2.90. The Kier molecular flexibility index (Phi) is 6.66. The van der Waals surface area contributed by atoms with E-state index < -0.39 is 12.1 Å². The molecule has 0 aromatic heterocycles. The fourth-order valence-electron chi connectivity index (χ4n) is 3.04. The second kappa shape index (κ2) is 9.37. The van der Waals surface area contributed by atoms with Crippen molar-refractivity contribution in [1.82, 2.24) is 15.5 Å². The number of amides is 4. The van der Waals surface area contributed by atoms with Gasteiger partial charge in [0.2, 0.25) is 5.91 Å². The lowest BCUT2D eigenvalue weighted by Gasteiger charge is -2.13. The first kappa shape index (κ1) is 19.9. The Morgan fingerprint density at radius 1 is 1.04 bits per heavy atom. The zero-order valence-electron chi connectivity index (χ0n) is 15.4. The van der Waals surface area contributed by atoms with E-state index >= 15 is 0 Å². The van der Waals surface area contributed by atoms with Crippen LogP contribution in [0, 0.1) is 0 Å². The molecule has 28 heavy (non-hydrogen) atoms. The second-order valence-electron chi connectivity index (χ2n) is 6.67. The summed E-state index contributed by atoms with van der Waals surface area (Å²) < 4.78 is 0. The van der Waals surface area contributed by atoms with Crippen LogP contribution in [0.1, 0.15) is 24.0 Å². The van der Waals surface area contributed by atoms with Crippen LogP contribution in [0.15, 0.2) is 54.6 Å². The van der Waals surface area contributed by atoms with E-state index in [4.69, 9.17) is 11.6 Å². The summed E-state index contributed by atoms with van der Waals surface area (Å²) in [7, 11) is 0. The number of urea groups is 1. The quantitative estimate of drug-likeness (QED) is 0.670. The summed E-state index contributed by atoms with van der Waals surface area (Å²) in [6.45, 7) is 0.720. The molecule has 3 rings (SSSR count). The van der Waals surface area contributed by atoms with Crippen molar-refractivity contribution in [2.24, 2.45) is 0 Å². The van der Waals surface area contributed by atoms with Gasteiger partial charge >= 0.3 is 6.03 Å². The molecule has 0 spiro atoms. The van der Waals surface area contributed by atoms with Crippen LogP contribution in [0.2, 0.25) is 5.02 Å². The van der Waals surface area contributed by atoms with E-state index in [2.05, 4.69) is 10.6 Å². The molecule has 1 heterocycles. The van der Waals surface area contributed by atoms with Crippen LogP contribution < -0.4 is 10.6 Å². The minimum atomic E-state index is -0.649. The van der Waals surface area contributed by atoms with Gasteiger partial charge in [-0.25, -0.2) is 4.79 Å². The molecular formula is C21H22ClN3O3. The highest BCUT2D eigenvalue weighted by Gasteiger charge is 2.37. The average molecular weight is 400 g/mol. The van der Waals surface area contributed by atoms with Crippen molar-refractivity contribution in [2.75, 3.05) is 6.54 Å². The summed E-state index contributed by atoms with van der Waals surface area (Å²) in [5.41, 5.74) is 2.00. The Labute approximate surface area is 168 Å². The first-order chi connectivity index (χ1) is 13.5. The third-order valence-electron chi connectivity index (χ3n) is 4.64. The third kappa shape index (κ3) is 5.33. The molecule has 1 atom stereocenters. The zero-order valence-corrected chi connectivity index (χ0v) is 16.1. The minimum Gasteiger partial charge on any atom is -0.352 e. The van der Waals surface area contributed by atoms with Gasteiger partial charge in [-0.05, 0) is 36.1 Å². The Hall–Kier alpha value is -2.86. The van der Waals surface area contributed by atoms with Crippen LogP contribution in [0.3, 0.4) is 0 Å². The van der Waals surface area contributed by atoms with Crippen molar-refractivity contribution in [3.8, 4) is 0 Å². The minimum absolute atomic E-state index is 0.163. The predicted molar refractivity (Wildman–Crippen MR) is 107 cm³/mol. The van der Waals surface area contributed by atoms with Gasteiger partial charge in [-0.15, -0.1) is 0 Å². The van der Waals surface area contributed by atoms with E-state index in [0.29, 0.717) is 24.5 Å². The number of nitrogens with one attached hydrogen (secondary N) is 2. The lowest BCUT2D eigenvalue weighted by atomic mass is 10.1. The van der Waals surface area contributed by atoms with Gasteiger partial charge < -0.3 is 10.6 Å². The Morgan fingerprint density at radius 3 is 2.46 bits per heavy atom. The van der Waals surface area contributed by atoms with Gasteiger partial charge in [0.15, 0.2) is 0 Å². The van der Waals surface area contributed by atoms with Crippen LogP contribution in [0.5, 0.6) is 0 Å². The maximum Gasteiger partial charge on any atom is 0.324 e. The van der Waals surface area contributed by atoms with E-state index in [9.17, 15) is 14.4 Å². The van der Waals surface area contributed by atoms with Gasteiger partial charge in [-0.1, -0.05) is 54.1 Å². The Balaban J connectivity index is 1.43. The van der Waals surface area contributed by atoms with E-state index in [1.807, 2.05) is 42.5 Å². The van der Waals surface area contributed by atoms with Crippen LogP contribution in [0.25, 0.3) is 0 Å². The molecule has 1 aliphatic heterocycles. The third-order valence-corrected chi connectivity index (χ3v) is 4.89. The first-order valence-corrected chi connectivity index (χ1v) is 9.57. The number of rotatable bonds is 8. The number of benzene rings is 2. The summed E-state index contributed by atoms with van der Waals surface area (Å²) in [5.74, 6) is -0.439. The van der Waals surface area contributed by atoms with Crippen LogP contribution >= 0.6 is 11.6 Å². The summed E-state index contributed by atoms with van der Waals surface area (Å²) in [5, 5.41) is 6.12. The van der Waals surface area contributed by atoms with Crippen molar-refractivity contribution in [2.45, 2.75) is 31.8 Å². The number of halogens is 1. The highest BCUT2D eigenvalue weighted by molar-refractivity contribution is 6.30. The highest BCUT2D eigenvalue weighted by Crippen LogP contribution is 2.13. The van der Waals surface area contributed by atoms with Crippen molar-refractivity contribution in [3.63, 3.8) is 0 Å². The smallest absolute Gasteiger partial charge is 0.324 e. The molecule has 0 radical (unpaired) electrons. The highest BCUT2D eigenvalue weighted by atomic mass is 35.5. The molecule has 0 bridgehead atoms. The number of carbonyl (C=O) groups is 3. The number of hydrogen-bond donors (Lipinski definition) is 2. The Bertz CT molecular complexity index is 840. The molecule has 0 aliphatic carbocycles. The summed E-state index contributed by atoms with van der Waals surface area (Å²) in [6.07, 6.45) is 1.05. The molecular weight excluding hydrogens is 378 g/mol. The van der Waals surface area contributed by atoms with Crippen molar-refractivity contribution in [3.05, 3.63) is 70.7 Å². The first-order valence-electron chi connectivity index (χ1n) is 9.20. The van der Waals surface area contributed by atoms with Crippen molar-refractivity contribution < 1.29 is 14.4 Å². The van der Waals surface area contributed by atoms with Gasteiger partial charge in [-0.3, -0.25) is 14.5 Å². The number of imide groups is 1. The fraction of sp³-hybridized carbons (Fsp3) is 0.286. The lowest BCUT2D eigenvalue weighted by Crippen LogP contribution is -2.33. The van der Waals surface area contributed by atoms with E-state index in [1.54, 1.807) is 12.1 Å². The van der Waals surface area contributed by atoms with Crippen LogP contribution in [0.4, 0.5) is 4.79 Å². The molecule has 2 aromatic rings. The summed E-state index contributed by atoms with van der Waals surface area (Å²) >= 11 is 5.83. The molecule has 146 valence electrons. The average Bonchev–Trinajstić information content (AvgIpc) is 2.98. The fourth-order valence-corrected chi connectivity index (χ4v) is 3.16. The van der Waals surface area contributed by atoms with Gasteiger partial charge in [0.1, 0.15) is 6.04 Å². The molecule has 7 heteroatoms. The van der Waals surface area contributed by atoms with Gasteiger partial charge in [0.25, 0.3) is 5.91 Å². The molecule has 6 nitrogen and oxygen atoms in total. The maximum absolute atomic E-state index is 12.5. The van der Waals surface area contributed by atoms with Crippen LogP contribution in [-0.2, 0) is 22.6 Å². The molecule has 2 aromatic carbocycles. The number of carbonyl (C=O) groups excluding carboxylic acids is 3. The second-order valence-corrected chi connectivity index (χ2v) is 7.11. The number of hydrogen-bond acceptors (Lipinski definition) is 3. The van der Waals surface area contributed by atoms with Gasteiger partial charge in [0, 0.05) is 24.5 Å². The summed E-state index contributed by atoms with van der Waals surface area (Å²) in [4.78, 5) is 37.8. The van der Waals surface area contributed by atoms with Gasteiger partial charge in [0.05, 0.1) is 0 Å². The molecule has 4 amide bonds. The van der Waals surface area contributed by atoms with Crippen LogP contribution in [-0.4, -0.2) is 35.3 Å². The molecule has 1 aliphatic rings. The zero-order chi connectivity index (χ0) is 19.9. The lowest BCUT2D eigenvalue weighted by molar-refractivity contribution is -0.127. The SMILES string of the molecule is O=C(CC[C@H]1NC(=O)N(CCc2ccccc2)C1=O)NCc1ccc(Cl)cc1. The van der Waals surface area contributed by atoms with E-state index in [1.165, 1.54) is 4.90 Å². The topological polar surface area (TPSA) is 78.5 Å². The molecule has 0 unspecified atom stereocenters. The summed E-state index contributed by atoms with van der Waals surface area (Å²) in [6, 6.07) is 15.9. The van der Waals surface area contributed by atoms with Crippen molar-refractivity contribution in [1.29, 1.82) is 0 Å². The Morgan fingerprint density at radius 2 is 1.75 bits per heavy atom. The van der Waals surface area contributed by atoms with Crippen molar-refractivity contribution >= 4 is 29.4 Å². The normalized spacial score (nSPS) is 16.2. The molecule has 0 saturated carbocycles. The largest absolute Gasteiger partial charge is 0.352 e. The molecule has 2 N–H and O–H groups in total. The maximum atomic E-state index is 12.5. The standard InChI is InChI=1S/C21H22ClN3O3/c22-17-8-6-16(7-9-17)14-23-19(26)11-10-18-20(27)25(21(28)24-18)13-12-15-4-2-1-3-5-15/h1-9,18H,10-14H2,(H,23,26)(H,24,28)/t18-/m1/s1. The monoisotopic (exact) mass is 399 g/mol. The van der Waals surface area contributed by atoms with E-state index in [0.717, 1.165) is 11.1 Å². The molecule has 1 saturated heterocycles. The van der Waals surface area contributed by atoms with E-state index in [-0.39, 0.29) is 24.7 Å². The number of nitrogens with zero attached hydrogens (tertiary/aromatic N) is 1.